The van der Waals surface area contributed by atoms with Gasteiger partial charge in [-0.15, -0.1) is 0 Å². The van der Waals surface area contributed by atoms with E-state index in [0.717, 1.165) is 19.3 Å². The predicted octanol–water partition coefficient (Wildman–Crippen LogP) is 1.66. The van der Waals surface area contributed by atoms with Crippen LogP contribution in [0.3, 0.4) is 0 Å². The van der Waals surface area contributed by atoms with Crippen molar-refractivity contribution in [1.29, 1.82) is 0 Å². The third-order valence-electron chi connectivity index (χ3n) is 1.30. The average Bonchev–Trinajstić information content (AvgIpc) is 1.85. The van der Waals surface area contributed by atoms with E-state index in [1.165, 1.54) is 0 Å². The molecule has 0 aliphatic heterocycles. The minimum Gasteiger partial charge on any atom is -0.286 e. The van der Waals surface area contributed by atoms with Gasteiger partial charge < -0.3 is 0 Å². The largest absolute Gasteiger partial charge is 0.286 e. The van der Waals surface area contributed by atoms with Crippen molar-refractivity contribution in [2.75, 3.05) is 5.75 Å². The molecule has 0 saturated heterocycles. The predicted molar refractivity (Wildman–Crippen MR) is 44.9 cm³/mol. The highest BCUT2D eigenvalue weighted by Gasteiger charge is 2.02. The quantitative estimate of drug-likeness (QED) is 0.498. The first-order valence-corrected chi connectivity index (χ1v) is 5.44. The van der Waals surface area contributed by atoms with Gasteiger partial charge in [0.15, 0.2) is 0 Å². The Balaban J connectivity index is 3.16. The van der Waals surface area contributed by atoms with Crippen molar-refractivity contribution in [2.24, 2.45) is 0 Å². The van der Waals surface area contributed by atoms with Crippen LogP contribution >= 0.6 is 0 Å². The molecule has 0 amide bonds. The standard InChI is InChI=1S/C7H15O3S/c1-2-3-4-5-6-7-11(8,9)10/h4H,2-3,5-7H2,1H3,(H,8,9,10). The fraction of sp³-hybridized carbons (Fsp3) is 0.857. The summed E-state index contributed by atoms with van der Waals surface area (Å²) < 4.78 is 28.7. The third-order valence-corrected chi connectivity index (χ3v) is 2.11. The third kappa shape index (κ3) is 9.91. The molecule has 0 bridgehead atoms. The van der Waals surface area contributed by atoms with E-state index in [9.17, 15) is 8.42 Å². The Morgan fingerprint density at radius 2 is 2.00 bits per heavy atom. The normalized spacial score (nSPS) is 11.8. The lowest BCUT2D eigenvalue weighted by molar-refractivity contribution is 0.481. The highest BCUT2D eigenvalue weighted by atomic mass is 32.2. The van der Waals surface area contributed by atoms with Gasteiger partial charge in [0.25, 0.3) is 10.1 Å². The molecule has 0 unspecified atom stereocenters. The van der Waals surface area contributed by atoms with Gasteiger partial charge in [-0.25, -0.2) is 0 Å². The van der Waals surface area contributed by atoms with Gasteiger partial charge >= 0.3 is 0 Å². The van der Waals surface area contributed by atoms with Crippen LogP contribution in [0.1, 0.15) is 32.6 Å². The van der Waals surface area contributed by atoms with Gasteiger partial charge in [0.1, 0.15) is 0 Å². The fourth-order valence-corrected chi connectivity index (χ4v) is 1.29. The lowest BCUT2D eigenvalue weighted by atomic mass is 10.2. The lowest BCUT2D eigenvalue weighted by Gasteiger charge is -1.96. The molecule has 0 aliphatic carbocycles. The Morgan fingerprint density at radius 1 is 1.36 bits per heavy atom. The maximum atomic E-state index is 10.2. The van der Waals surface area contributed by atoms with Gasteiger partial charge in [-0.05, 0) is 19.3 Å². The van der Waals surface area contributed by atoms with Crippen molar-refractivity contribution < 1.29 is 13.0 Å². The molecule has 0 atom stereocenters. The van der Waals surface area contributed by atoms with Crippen LogP contribution in [0.4, 0.5) is 0 Å². The molecule has 11 heavy (non-hydrogen) atoms. The first-order valence-electron chi connectivity index (χ1n) is 3.83. The Kier molecular flexibility index (Phi) is 5.50. The van der Waals surface area contributed by atoms with Crippen molar-refractivity contribution in [3.8, 4) is 0 Å². The minimum absolute atomic E-state index is 0.118. The summed E-state index contributed by atoms with van der Waals surface area (Å²) in [5.74, 6) is -0.118. The van der Waals surface area contributed by atoms with E-state index in [1.54, 1.807) is 0 Å². The van der Waals surface area contributed by atoms with Gasteiger partial charge in [-0.2, -0.15) is 8.42 Å². The van der Waals surface area contributed by atoms with Crippen molar-refractivity contribution in [2.45, 2.75) is 32.6 Å². The van der Waals surface area contributed by atoms with E-state index in [1.807, 2.05) is 6.42 Å². The molecule has 1 radical (unpaired) electrons. The molecule has 0 saturated carbocycles. The van der Waals surface area contributed by atoms with Gasteiger partial charge in [0, 0.05) is 0 Å². The molecule has 0 spiro atoms. The zero-order valence-electron chi connectivity index (χ0n) is 6.78. The number of rotatable bonds is 6. The van der Waals surface area contributed by atoms with Crippen LogP contribution in [0, 0.1) is 6.42 Å². The van der Waals surface area contributed by atoms with Crippen LogP contribution in [-0.4, -0.2) is 18.7 Å². The molecular formula is C7H15O3S. The molecule has 1 N–H and O–H groups in total. The molecular weight excluding hydrogens is 164 g/mol. The smallest absolute Gasteiger partial charge is 0.264 e. The summed E-state index contributed by atoms with van der Waals surface area (Å²) in [6, 6.07) is 0. The molecule has 0 aromatic rings. The van der Waals surface area contributed by atoms with Gasteiger partial charge in [0.2, 0.25) is 0 Å². The molecule has 0 heterocycles. The van der Waals surface area contributed by atoms with E-state index < -0.39 is 10.1 Å². The summed E-state index contributed by atoms with van der Waals surface area (Å²) in [7, 11) is -3.73. The summed E-state index contributed by atoms with van der Waals surface area (Å²) in [6.07, 6.45) is 5.45. The van der Waals surface area contributed by atoms with Crippen LogP contribution in [0.2, 0.25) is 0 Å². The van der Waals surface area contributed by atoms with Crippen LogP contribution in [0.5, 0.6) is 0 Å². The summed E-state index contributed by atoms with van der Waals surface area (Å²) in [5, 5.41) is 0. The van der Waals surface area contributed by atoms with Gasteiger partial charge in [-0.1, -0.05) is 19.8 Å². The minimum atomic E-state index is -3.73. The Labute approximate surface area is 68.6 Å². The Bertz CT molecular complexity index is 172. The number of hydrogen-bond donors (Lipinski definition) is 1. The zero-order valence-corrected chi connectivity index (χ0v) is 7.60. The zero-order chi connectivity index (χ0) is 8.74. The molecule has 0 fully saturated rings. The second-order valence-corrected chi connectivity index (χ2v) is 4.08. The first-order chi connectivity index (χ1) is 5.06. The summed E-state index contributed by atoms with van der Waals surface area (Å²) in [4.78, 5) is 0. The van der Waals surface area contributed by atoms with Crippen molar-refractivity contribution in [1.82, 2.24) is 0 Å². The van der Waals surface area contributed by atoms with E-state index in [2.05, 4.69) is 6.92 Å². The fourth-order valence-electron chi connectivity index (χ4n) is 0.759. The first kappa shape index (κ1) is 10.9. The summed E-state index contributed by atoms with van der Waals surface area (Å²) in [6.45, 7) is 2.07. The SMILES string of the molecule is CCC[CH]CCCS(=O)(=O)O. The van der Waals surface area contributed by atoms with Crippen LogP contribution in [-0.2, 0) is 10.1 Å². The topological polar surface area (TPSA) is 54.4 Å². The van der Waals surface area contributed by atoms with Crippen molar-refractivity contribution in [3.63, 3.8) is 0 Å². The van der Waals surface area contributed by atoms with Crippen molar-refractivity contribution in [3.05, 3.63) is 6.42 Å². The van der Waals surface area contributed by atoms with E-state index in [-0.39, 0.29) is 5.75 Å². The molecule has 4 heteroatoms. The van der Waals surface area contributed by atoms with E-state index >= 15 is 0 Å². The number of hydrogen-bond acceptors (Lipinski definition) is 2. The summed E-state index contributed by atoms with van der Waals surface area (Å²) >= 11 is 0. The maximum absolute atomic E-state index is 10.2. The lowest BCUT2D eigenvalue weighted by Crippen LogP contribution is -2.03. The van der Waals surface area contributed by atoms with E-state index in [0.29, 0.717) is 6.42 Å². The summed E-state index contributed by atoms with van der Waals surface area (Å²) in [5.41, 5.74) is 0. The maximum Gasteiger partial charge on any atom is 0.264 e. The molecule has 0 aromatic carbocycles. The van der Waals surface area contributed by atoms with Gasteiger partial charge in [0.05, 0.1) is 5.75 Å². The van der Waals surface area contributed by atoms with Crippen LogP contribution in [0.15, 0.2) is 0 Å². The molecule has 0 aromatic heterocycles. The highest BCUT2D eigenvalue weighted by Crippen LogP contribution is 2.01. The van der Waals surface area contributed by atoms with E-state index in [4.69, 9.17) is 4.55 Å². The monoisotopic (exact) mass is 179 g/mol. The molecule has 3 nitrogen and oxygen atoms in total. The van der Waals surface area contributed by atoms with Crippen molar-refractivity contribution >= 4 is 10.1 Å². The molecule has 0 aliphatic rings. The Hall–Kier alpha value is -0.0900. The van der Waals surface area contributed by atoms with Crippen LogP contribution < -0.4 is 0 Å². The molecule has 0 rings (SSSR count). The second kappa shape index (κ2) is 5.55. The average molecular weight is 179 g/mol. The second-order valence-electron chi connectivity index (χ2n) is 2.51. The number of unbranched alkanes of at least 4 members (excludes halogenated alkanes) is 4. The van der Waals surface area contributed by atoms with Gasteiger partial charge in [-0.3, -0.25) is 4.55 Å². The highest BCUT2D eigenvalue weighted by molar-refractivity contribution is 7.85. The molecule has 67 valence electrons. The Morgan fingerprint density at radius 3 is 2.45 bits per heavy atom. The van der Waals surface area contributed by atoms with Crippen LogP contribution in [0.25, 0.3) is 0 Å².